The molecule has 1 amide bonds. The smallest absolute Gasteiger partial charge is 0.242 e. The van der Waals surface area contributed by atoms with E-state index in [1.807, 2.05) is 32.0 Å². The van der Waals surface area contributed by atoms with Gasteiger partial charge in [0.05, 0.1) is 17.4 Å². The summed E-state index contributed by atoms with van der Waals surface area (Å²) in [5, 5.41) is 3.22. The lowest BCUT2D eigenvalue weighted by Gasteiger charge is -2.14. The molecule has 1 heterocycles. The molecule has 0 aromatic heterocycles. The maximum Gasteiger partial charge on any atom is 0.242 e. The highest BCUT2D eigenvalue weighted by atomic mass is 32.2. The number of aryl methyl sites for hydroxylation is 2. The van der Waals surface area contributed by atoms with Crippen LogP contribution >= 0.6 is 12.2 Å². The molecule has 1 saturated heterocycles. The van der Waals surface area contributed by atoms with Gasteiger partial charge in [-0.05, 0) is 55.7 Å². The molecule has 1 aromatic carbocycles. The van der Waals surface area contributed by atoms with Crippen LogP contribution < -0.4 is 16.2 Å². The molecule has 1 fully saturated rings. The SMILES string of the molecule is Cc1cc(C)cc(NC(=S)NNC(=O)[C@@H]2CCS(=O)(=O)C2)c1. The molecule has 1 aliphatic rings. The van der Waals surface area contributed by atoms with Crippen molar-refractivity contribution in [1.29, 1.82) is 0 Å². The summed E-state index contributed by atoms with van der Waals surface area (Å²) >= 11 is 5.11. The predicted octanol–water partition coefficient (Wildman–Crippen LogP) is 1.06. The molecule has 0 radical (unpaired) electrons. The van der Waals surface area contributed by atoms with Crippen LogP contribution in [0.25, 0.3) is 0 Å². The summed E-state index contributed by atoms with van der Waals surface area (Å²) in [6.07, 6.45) is 0.354. The average Bonchev–Trinajstić information content (AvgIpc) is 2.75. The monoisotopic (exact) mass is 341 g/mol. The van der Waals surface area contributed by atoms with Gasteiger partial charge in [0.25, 0.3) is 0 Å². The van der Waals surface area contributed by atoms with Crippen molar-refractivity contribution in [2.75, 3.05) is 16.8 Å². The number of hydrazine groups is 1. The van der Waals surface area contributed by atoms with Crippen molar-refractivity contribution in [2.45, 2.75) is 20.3 Å². The summed E-state index contributed by atoms with van der Waals surface area (Å²) in [6, 6.07) is 5.92. The number of rotatable bonds is 2. The third kappa shape index (κ3) is 4.67. The lowest BCUT2D eigenvalue weighted by Crippen LogP contribution is -2.46. The lowest BCUT2D eigenvalue weighted by molar-refractivity contribution is -0.124. The number of thiocarbonyl (C=S) groups is 1. The quantitative estimate of drug-likeness (QED) is 0.551. The van der Waals surface area contributed by atoms with E-state index in [1.165, 1.54) is 0 Å². The maximum absolute atomic E-state index is 11.9. The molecule has 0 unspecified atom stereocenters. The van der Waals surface area contributed by atoms with Crippen molar-refractivity contribution in [3.05, 3.63) is 29.3 Å². The molecule has 2 rings (SSSR count). The Balaban J connectivity index is 1.84. The van der Waals surface area contributed by atoms with E-state index in [0.29, 0.717) is 6.42 Å². The molecule has 0 aliphatic carbocycles. The van der Waals surface area contributed by atoms with Crippen molar-refractivity contribution in [2.24, 2.45) is 5.92 Å². The molecule has 1 aromatic rings. The number of sulfone groups is 1. The normalized spacial score (nSPS) is 19.5. The van der Waals surface area contributed by atoms with Crippen LogP contribution in [0, 0.1) is 19.8 Å². The molecular formula is C14H19N3O3S2. The van der Waals surface area contributed by atoms with Gasteiger partial charge < -0.3 is 5.32 Å². The van der Waals surface area contributed by atoms with Crippen LogP contribution in [0.1, 0.15) is 17.5 Å². The van der Waals surface area contributed by atoms with Crippen molar-refractivity contribution in [3.8, 4) is 0 Å². The van der Waals surface area contributed by atoms with Gasteiger partial charge in [0.15, 0.2) is 14.9 Å². The predicted molar refractivity (Wildman–Crippen MR) is 90.2 cm³/mol. The summed E-state index contributed by atoms with van der Waals surface area (Å²) in [5.41, 5.74) is 8.09. The Kier molecular flexibility index (Phi) is 5.02. The van der Waals surface area contributed by atoms with Gasteiger partial charge in [0.2, 0.25) is 5.91 Å². The molecule has 22 heavy (non-hydrogen) atoms. The van der Waals surface area contributed by atoms with Gasteiger partial charge in [-0.2, -0.15) is 0 Å². The Bertz CT molecular complexity index is 681. The topological polar surface area (TPSA) is 87.3 Å². The first kappa shape index (κ1) is 16.7. The molecule has 1 aliphatic heterocycles. The molecular weight excluding hydrogens is 322 g/mol. The zero-order valence-electron chi connectivity index (χ0n) is 12.5. The van der Waals surface area contributed by atoms with Crippen molar-refractivity contribution >= 4 is 38.8 Å². The number of benzene rings is 1. The van der Waals surface area contributed by atoms with E-state index in [2.05, 4.69) is 16.2 Å². The first-order chi connectivity index (χ1) is 10.2. The van der Waals surface area contributed by atoms with Gasteiger partial charge in [0.1, 0.15) is 0 Å². The fourth-order valence-electron chi connectivity index (χ4n) is 2.43. The standard InChI is InChI=1S/C14H19N3O3S2/c1-9-5-10(2)7-12(6-9)15-14(21)17-16-13(18)11-3-4-22(19,20)8-11/h5-7,11H,3-4,8H2,1-2H3,(H,16,18)(H2,15,17,21)/t11-/m1/s1. The van der Waals surface area contributed by atoms with Crippen LogP contribution in [-0.4, -0.2) is 30.9 Å². The molecule has 6 nitrogen and oxygen atoms in total. The Morgan fingerprint density at radius 2 is 1.82 bits per heavy atom. The molecule has 3 N–H and O–H groups in total. The molecule has 8 heteroatoms. The van der Waals surface area contributed by atoms with E-state index in [9.17, 15) is 13.2 Å². The fraction of sp³-hybridized carbons (Fsp3) is 0.429. The van der Waals surface area contributed by atoms with Gasteiger partial charge in [-0.15, -0.1) is 0 Å². The average molecular weight is 341 g/mol. The highest BCUT2D eigenvalue weighted by molar-refractivity contribution is 7.91. The van der Waals surface area contributed by atoms with Crippen LogP contribution in [0.2, 0.25) is 0 Å². The minimum Gasteiger partial charge on any atom is -0.331 e. The van der Waals surface area contributed by atoms with Crippen molar-refractivity contribution < 1.29 is 13.2 Å². The van der Waals surface area contributed by atoms with E-state index >= 15 is 0 Å². The summed E-state index contributed by atoms with van der Waals surface area (Å²) in [7, 11) is -3.07. The minimum atomic E-state index is -3.07. The van der Waals surface area contributed by atoms with E-state index in [4.69, 9.17) is 12.2 Å². The molecule has 0 spiro atoms. The van der Waals surface area contributed by atoms with E-state index < -0.39 is 15.8 Å². The number of carbonyl (C=O) groups excluding carboxylic acids is 1. The third-order valence-electron chi connectivity index (χ3n) is 3.38. The Labute approximate surface area is 135 Å². The summed E-state index contributed by atoms with van der Waals surface area (Å²) in [6.45, 7) is 3.97. The second-order valence-corrected chi connectivity index (χ2v) is 8.18. The van der Waals surface area contributed by atoms with E-state index in [-0.39, 0.29) is 22.5 Å². The first-order valence-electron chi connectivity index (χ1n) is 6.91. The van der Waals surface area contributed by atoms with Gasteiger partial charge in [0, 0.05) is 5.69 Å². The zero-order chi connectivity index (χ0) is 16.3. The van der Waals surface area contributed by atoms with Crippen LogP contribution in [0.15, 0.2) is 18.2 Å². The summed E-state index contributed by atoms with van der Waals surface area (Å²) in [5.74, 6) is -0.902. The second-order valence-electron chi connectivity index (χ2n) is 5.54. The number of amides is 1. The second kappa shape index (κ2) is 6.62. The van der Waals surface area contributed by atoms with Gasteiger partial charge in [-0.3, -0.25) is 15.6 Å². The fourth-order valence-corrected chi connectivity index (χ4v) is 4.34. The molecule has 1 atom stereocenters. The number of hydrogen-bond acceptors (Lipinski definition) is 4. The van der Waals surface area contributed by atoms with Gasteiger partial charge >= 0.3 is 0 Å². The lowest BCUT2D eigenvalue weighted by atomic mass is 10.1. The Morgan fingerprint density at radius 3 is 2.36 bits per heavy atom. The first-order valence-corrected chi connectivity index (χ1v) is 9.14. The highest BCUT2D eigenvalue weighted by Gasteiger charge is 2.32. The summed E-state index contributed by atoms with van der Waals surface area (Å²) < 4.78 is 22.7. The number of nitrogens with one attached hydrogen (secondary N) is 3. The number of hydrogen-bond donors (Lipinski definition) is 3. The van der Waals surface area contributed by atoms with E-state index in [1.54, 1.807) is 0 Å². The van der Waals surface area contributed by atoms with Gasteiger partial charge in [-0.25, -0.2) is 8.42 Å². The highest BCUT2D eigenvalue weighted by Crippen LogP contribution is 2.18. The molecule has 120 valence electrons. The molecule has 0 bridgehead atoms. The third-order valence-corrected chi connectivity index (χ3v) is 5.35. The van der Waals surface area contributed by atoms with Crippen molar-refractivity contribution in [1.82, 2.24) is 10.9 Å². The van der Waals surface area contributed by atoms with Crippen LogP contribution in [0.4, 0.5) is 5.69 Å². The van der Waals surface area contributed by atoms with Crippen LogP contribution in [0.5, 0.6) is 0 Å². The van der Waals surface area contributed by atoms with E-state index in [0.717, 1.165) is 16.8 Å². The Morgan fingerprint density at radius 1 is 1.18 bits per heavy atom. The van der Waals surface area contributed by atoms with Crippen LogP contribution in [-0.2, 0) is 14.6 Å². The molecule has 0 saturated carbocycles. The number of carbonyl (C=O) groups is 1. The Hall–Kier alpha value is -1.67. The largest absolute Gasteiger partial charge is 0.331 e. The van der Waals surface area contributed by atoms with Crippen LogP contribution in [0.3, 0.4) is 0 Å². The number of anilines is 1. The minimum absolute atomic E-state index is 0.0658. The zero-order valence-corrected chi connectivity index (χ0v) is 14.1. The maximum atomic E-state index is 11.9. The summed E-state index contributed by atoms with van der Waals surface area (Å²) in [4.78, 5) is 11.9. The van der Waals surface area contributed by atoms with Crippen molar-refractivity contribution in [3.63, 3.8) is 0 Å². The van der Waals surface area contributed by atoms with Gasteiger partial charge in [-0.1, -0.05) is 6.07 Å².